The van der Waals surface area contributed by atoms with Gasteiger partial charge in [0.15, 0.2) is 0 Å². The largest absolute Gasteiger partial charge is 0.389 e. The van der Waals surface area contributed by atoms with Gasteiger partial charge < -0.3 is 15.2 Å². The number of benzene rings is 1. The molecule has 4 nitrogen and oxygen atoms in total. The fraction of sp³-hybridized carbons (Fsp3) is 0.588. The Balaban J connectivity index is 2.16. The molecular weight excluding hydrogens is 285 g/mol. The van der Waals surface area contributed by atoms with Gasteiger partial charge in [-0.1, -0.05) is 31.4 Å². The Morgan fingerprint density at radius 2 is 2.14 bits per heavy atom. The van der Waals surface area contributed by atoms with E-state index in [-0.39, 0.29) is 24.9 Å². The van der Waals surface area contributed by atoms with Crippen LogP contribution in [0.15, 0.2) is 24.3 Å². The summed E-state index contributed by atoms with van der Waals surface area (Å²) in [6.07, 6.45) is 3.68. The predicted octanol–water partition coefficient (Wildman–Crippen LogP) is 2.15. The van der Waals surface area contributed by atoms with E-state index in [1.54, 1.807) is 6.07 Å². The van der Waals surface area contributed by atoms with E-state index in [0.29, 0.717) is 12.8 Å². The number of amides is 1. The maximum absolute atomic E-state index is 13.6. The summed E-state index contributed by atoms with van der Waals surface area (Å²) in [5.74, 6) is -0.456. The number of halogens is 1. The first-order chi connectivity index (χ1) is 10.6. The van der Waals surface area contributed by atoms with E-state index in [1.807, 2.05) is 6.07 Å². The highest BCUT2D eigenvalue weighted by Gasteiger charge is 2.41. The molecule has 1 unspecified atom stereocenters. The van der Waals surface area contributed by atoms with Crippen LogP contribution in [0.2, 0.25) is 0 Å². The Hall–Kier alpha value is -1.46. The monoisotopic (exact) mass is 309 g/mol. The summed E-state index contributed by atoms with van der Waals surface area (Å²) < 4.78 is 18.4. The lowest BCUT2D eigenvalue weighted by molar-refractivity contribution is -0.128. The quantitative estimate of drug-likeness (QED) is 0.846. The maximum Gasteiger partial charge on any atom is 0.230 e. The SMILES string of the molecule is COCC(O)CNC(=O)C1(c2cccc(F)c2)CCCCC1. The fourth-order valence-electron chi connectivity index (χ4n) is 3.22. The van der Waals surface area contributed by atoms with Gasteiger partial charge in [0.1, 0.15) is 5.82 Å². The molecule has 0 bridgehead atoms. The molecule has 2 rings (SSSR count). The first kappa shape index (κ1) is 16.9. The van der Waals surface area contributed by atoms with Crippen molar-refractivity contribution in [2.24, 2.45) is 0 Å². The predicted molar refractivity (Wildman–Crippen MR) is 82.1 cm³/mol. The Bertz CT molecular complexity index is 500. The normalized spacial score (nSPS) is 18.7. The molecule has 5 heteroatoms. The van der Waals surface area contributed by atoms with Crippen LogP contribution in [0.4, 0.5) is 4.39 Å². The molecule has 1 atom stereocenters. The highest BCUT2D eigenvalue weighted by atomic mass is 19.1. The number of nitrogens with one attached hydrogen (secondary N) is 1. The number of aliphatic hydroxyl groups is 1. The van der Waals surface area contributed by atoms with Crippen molar-refractivity contribution in [3.8, 4) is 0 Å². The van der Waals surface area contributed by atoms with Gasteiger partial charge in [0.25, 0.3) is 0 Å². The van der Waals surface area contributed by atoms with Gasteiger partial charge in [-0.3, -0.25) is 4.79 Å². The second kappa shape index (κ2) is 7.70. The van der Waals surface area contributed by atoms with Crippen molar-refractivity contribution >= 4 is 5.91 Å². The average Bonchev–Trinajstić information content (AvgIpc) is 2.53. The Labute approximate surface area is 130 Å². The first-order valence-electron chi connectivity index (χ1n) is 7.80. The zero-order valence-electron chi connectivity index (χ0n) is 13.0. The Kier molecular flexibility index (Phi) is 5.91. The maximum atomic E-state index is 13.6. The molecule has 1 aromatic carbocycles. The van der Waals surface area contributed by atoms with E-state index in [2.05, 4.69) is 5.32 Å². The molecule has 2 N–H and O–H groups in total. The minimum absolute atomic E-state index is 0.132. The van der Waals surface area contributed by atoms with Crippen molar-refractivity contribution < 1.29 is 19.0 Å². The molecule has 0 heterocycles. The van der Waals surface area contributed by atoms with Crippen LogP contribution in [0.25, 0.3) is 0 Å². The van der Waals surface area contributed by atoms with E-state index in [4.69, 9.17) is 4.74 Å². The van der Waals surface area contributed by atoms with Crippen LogP contribution in [-0.4, -0.2) is 37.4 Å². The summed E-state index contributed by atoms with van der Waals surface area (Å²) in [5, 5.41) is 12.5. The van der Waals surface area contributed by atoms with E-state index < -0.39 is 11.5 Å². The molecule has 1 aliphatic carbocycles. The van der Waals surface area contributed by atoms with Gasteiger partial charge in [-0.15, -0.1) is 0 Å². The van der Waals surface area contributed by atoms with Gasteiger partial charge >= 0.3 is 0 Å². The summed E-state index contributed by atoms with van der Waals surface area (Å²) in [6.45, 7) is 0.316. The van der Waals surface area contributed by atoms with Crippen LogP contribution >= 0.6 is 0 Å². The van der Waals surface area contributed by atoms with Gasteiger partial charge in [-0.05, 0) is 30.5 Å². The van der Waals surface area contributed by atoms with E-state index in [0.717, 1.165) is 24.8 Å². The summed E-state index contributed by atoms with van der Waals surface area (Å²) >= 11 is 0. The van der Waals surface area contributed by atoms with Crippen LogP contribution < -0.4 is 5.32 Å². The second-order valence-corrected chi connectivity index (χ2v) is 5.97. The van der Waals surface area contributed by atoms with Crippen LogP contribution in [0, 0.1) is 5.82 Å². The van der Waals surface area contributed by atoms with Gasteiger partial charge in [0.05, 0.1) is 18.1 Å². The van der Waals surface area contributed by atoms with Crippen LogP contribution in [0.5, 0.6) is 0 Å². The summed E-state index contributed by atoms with van der Waals surface area (Å²) in [6, 6.07) is 6.31. The van der Waals surface area contributed by atoms with E-state index in [1.165, 1.54) is 19.2 Å². The molecule has 0 radical (unpaired) electrons. The molecule has 1 aromatic rings. The molecule has 1 amide bonds. The topological polar surface area (TPSA) is 58.6 Å². The highest BCUT2D eigenvalue weighted by molar-refractivity contribution is 5.88. The lowest BCUT2D eigenvalue weighted by Crippen LogP contribution is -2.48. The highest BCUT2D eigenvalue weighted by Crippen LogP contribution is 2.39. The summed E-state index contributed by atoms with van der Waals surface area (Å²) in [7, 11) is 1.50. The minimum Gasteiger partial charge on any atom is -0.389 e. The molecule has 22 heavy (non-hydrogen) atoms. The van der Waals surface area contributed by atoms with Crippen LogP contribution in [0.1, 0.15) is 37.7 Å². The molecule has 1 saturated carbocycles. The summed E-state index contributed by atoms with van der Waals surface area (Å²) in [5.41, 5.74) is 0.0404. The lowest BCUT2D eigenvalue weighted by Gasteiger charge is -2.36. The first-order valence-corrected chi connectivity index (χ1v) is 7.80. The molecule has 0 spiro atoms. The zero-order chi connectivity index (χ0) is 16.0. The third-order valence-electron chi connectivity index (χ3n) is 4.38. The van der Waals surface area contributed by atoms with Crippen LogP contribution in [0.3, 0.4) is 0 Å². The van der Waals surface area contributed by atoms with Gasteiger partial charge in [-0.25, -0.2) is 4.39 Å². The van der Waals surface area contributed by atoms with Crippen molar-refractivity contribution in [3.63, 3.8) is 0 Å². The molecule has 122 valence electrons. The smallest absolute Gasteiger partial charge is 0.230 e. The number of ether oxygens (including phenoxy) is 1. The average molecular weight is 309 g/mol. The summed E-state index contributed by atoms with van der Waals surface area (Å²) in [4.78, 5) is 12.8. The number of rotatable bonds is 6. The third kappa shape index (κ3) is 3.84. The second-order valence-electron chi connectivity index (χ2n) is 5.97. The van der Waals surface area contributed by atoms with Crippen molar-refractivity contribution in [1.29, 1.82) is 0 Å². The van der Waals surface area contributed by atoms with Crippen molar-refractivity contribution in [2.75, 3.05) is 20.3 Å². The Morgan fingerprint density at radius 1 is 1.41 bits per heavy atom. The van der Waals surface area contributed by atoms with Crippen molar-refractivity contribution in [1.82, 2.24) is 5.32 Å². The van der Waals surface area contributed by atoms with E-state index >= 15 is 0 Å². The minimum atomic E-state index is -0.734. The number of aliphatic hydroxyl groups excluding tert-OH is 1. The molecule has 0 aliphatic heterocycles. The zero-order valence-corrected chi connectivity index (χ0v) is 13.0. The van der Waals surface area contributed by atoms with Crippen molar-refractivity contribution in [3.05, 3.63) is 35.6 Å². The number of carbonyl (C=O) groups excluding carboxylic acids is 1. The molecule has 0 aromatic heterocycles. The number of hydrogen-bond acceptors (Lipinski definition) is 3. The fourth-order valence-corrected chi connectivity index (χ4v) is 3.22. The van der Waals surface area contributed by atoms with Crippen LogP contribution in [-0.2, 0) is 14.9 Å². The molecule has 0 saturated heterocycles. The number of hydrogen-bond donors (Lipinski definition) is 2. The Morgan fingerprint density at radius 3 is 2.77 bits per heavy atom. The number of carbonyl (C=O) groups is 1. The molecule has 1 aliphatic rings. The van der Waals surface area contributed by atoms with Gasteiger partial charge in [0, 0.05) is 13.7 Å². The molecular formula is C17H24FNO3. The van der Waals surface area contributed by atoms with Crippen molar-refractivity contribution in [2.45, 2.75) is 43.6 Å². The van der Waals surface area contributed by atoms with E-state index in [9.17, 15) is 14.3 Å². The standard InChI is InChI=1S/C17H24FNO3/c1-22-12-15(20)11-19-16(21)17(8-3-2-4-9-17)13-6-5-7-14(18)10-13/h5-7,10,15,20H,2-4,8-9,11-12H2,1H3,(H,19,21). The third-order valence-corrected chi connectivity index (χ3v) is 4.38. The van der Waals surface area contributed by atoms with Gasteiger partial charge in [0.2, 0.25) is 5.91 Å². The number of methoxy groups -OCH3 is 1. The van der Waals surface area contributed by atoms with Gasteiger partial charge in [-0.2, -0.15) is 0 Å². The molecule has 1 fully saturated rings. The lowest BCUT2D eigenvalue weighted by atomic mass is 9.68.